The normalized spacial score (nSPS) is 35.8. The van der Waals surface area contributed by atoms with Gasteiger partial charge >= 0.3 is 0 Å². The van der Waals surface area contributed by atoms with Crippen molar-refractivity contribution in [3.8, 4) is 0 Å². The van der Waals surface area contributed by atoms with Crippen molar-refractivity contribution in [1.82, 2.24) is 5.32 Å². The van der Waals surface area contributed by atoms with Crippen LogP contribution in [-0.4, -0.2) is 25.3 Å². The van der Waals surface area contributed by atoms with Crippen LogP contribution >= 0.6 is 0 Å². The largest absolute Gasteiger partial charge is 0.381 e. The molecule has 2 fully saturated rings. The third-order valence-electron chi connectivity index (χ3n) is 3.78. The Labute approximate surface area is 87.4 Å². The molecule has 2 heteroatoms. The van der Waals surface area contributed by atoms with Gasteiger partial charge in [0.15, 0.2) is 0 Å². The second kappa shape index (κ2) is 5.13. The molecule has 2 atom stereocenters. The summed E-state index contributed by atoms with van der Waals surface area (Å²) in [6.45, 7) is 4.31. The van der Waals surface area contributed by atoms with E-state index >= 15 is 0 Å². The van der Waals surface area contributed by atoms with Gasteiger partial charge in [-0.25, -0.2) is 0 Å². The lowest BCUT2D eigenvalue weighted by Gasteiger charge is -2.34. The number of nitrogens with one attached hydrogen (secondary N) is 1. The average molecular weight is 197 g/mol. The summed E-state index contributed by atoms with van der Waals surface area (Å²) in [5, 5.41) is 3.83. The van der Waals surface area contributed by atoms with Gasteiger partial charge in [-0.15, -0.1) is 0 Å². The molecule has 2 aliphatic rings. The lowest BCUT2D eigenvalue weighted by molar-refractivity contribution is 0.0701. The Balaban J connectivity index is 1.76. The van der Waals surface area contributed by atoms with Crippen molar-refractivity contribution in [2.75, 3.05) is 13.2 Å². The number of hydrogen-bond acceptors (Lipinski definition) is 2. The van der Waals surface area contributed by atoms with Crippen LogP contribution in [0.5, 0.6) is 0 Å². The van der Waals surface area contributed by atoms with Crippen LogP contribution in [0.2, 0.25) is 0 Å². The first-order valence-corrected chi connectivity index (χ1v) is 6.20. The van der Waals surface area contributed by atoms with Gasteiger partial charge in [0.25, 0.3) is 0 Å². The van der Waals surface area contributed by atoms with E-state index in [1.54, 1.807) is 0 Å². The summed E-state index contributed by atoms with van der Waals surface area (Å²) in [5.74, 6) is 0.881. The Kier molecular flexibility index (Phi) is 3.82. The monoisotopic (exact) mass is 197 g/mol. The van der Waals surface area contributed by atoms with Crippen LogP contribution in [0, 0.1) is 5.92 Å². The first-order valence-electron chi connectivity index (χ1n) is 6.20. The van der Waals surface area contributed by atoms with E-state index in [2.05, 4.69) is 12.2 Å². The van der Waals surface area contributed by atoms with Crippen molar-refractivity contribution < 1.29 is 4.74 Å². The number of hydrogen-bond donors (Lipinski definition) is 1. The number of ether oxygens (including phenoxy) is 1. The molecular weight excluding hydrogens is 174 g/mol. The van der Waals surface area contributed by atoms with Gasteiger partial charge in [0, 0.05) is 25.3 Å². The van der Waals surface area contributed by atoms with Crippen molar-refractivity contribution >= 4 is 0 Å². The molecule has 0 amide bonds. The molecule has 0 spiro atoms. The van der Waals surface area contributed by atoms with Crippen molar-refractivity contribution in [3.63, 3.8) is 0 Å². The fraction of sp³-hybridized carbons (Fsp3) is 1.00. The first kappa shape index (κ1) is 10.4. The molecule has 0 aromatic rings. The van der Waals surface area contributed by atoms with Crippen molar-refractivity contribution in [1.29, 1.82) is 0 Å². The SMILES string of the molecule is CC1CCCCC1NC1CCOCC1. The fourth-order valence-electron chi connectivity index (χ4n) is 2.73. The van der Waals surface area contributed by atoms with Gasteiger partial charge in [0.05, 0.1) is 0 Å². The third-order valence-corrected chi connectivity index (χ3v) is 3.78. The van der Waals surface area contributed by atoms with Crippen molar-refractivity contribution in [3.05, 3.63) is 0 Å². The highest BCUT2D eigenvalue weighted by molar-refractivity contribution is 4.82. The van der Waals surface area contributed by atoms with Crippen LogP contribution in [0.1, 0.15) is 45.4 Å². The van der Waals surface area contributed by atoms with Gasteiger partial charge in [-0.2, -0.15) is 0 Å². The van der Waals surface area contributed by atoms with E-state index in [-0.39, 0.29) is 0 Å². The fourth-order valence-corrected chi connectivity index (χ4v) is 2.73. The zero-order valence-electron chi connectivity index (χ0n) is 9.30. The molecule has 2 nitrogen and oxygen atoms in total. The molecule has 1 aliphatic carbocycles. The summed E-state index contributed by atoms with van der Waals surface area (Å²) in [7, 11) is 0. The Bertz CT molecular complexity index is 166. The summed E-state index contributed by atoms with van der Waals surface area (Å²) in [6.07, 6.45) is 8.09. The summed E-state index contributed by atoms with van der Waals surface area (Å²) < 4.78 is 5.38. The van der Waals surface area contributed by atoms with E-state index in [9.17, 15) is 0 Å². The molecule has 1 heterocycles. The molecule has 1 saturated carbocycles. The highest BCUT2D eigenvalue weighted by Gasteiger charge is 2.24. The molecule has 2 rings (SSSR count). The Morgan fingerprint density at radius 3 is 2.43 bits per heavy atom. The van der Waals surface area contributed by atoms with Gasteiger partial charge in [-0.05, 0) is 31.6 Å². The molecule has 14 heavy (non-hydrogen) atoms. The van der Waals surface area contributed by atoms with Crippen LogP contribution in [0.15, 0.2) is 0 Å². The molecule has 0 aromatic heterocycles. The summed E-state index contributed by atoms with van der Waals surface area (Å²) in [6, 6.07) is 1.51. The molecule has 2 unspecified atom stereocenters. The molecule has 1 aliphatic heterocycles. The number of rotatable bonds is 2. The van der Waals surface area contributed by atoms with E-state index in [1.165, 1.54) is 38.5 Å². The molecule has 0 radical (unpaired) electrons. The van der Waals surface area contributed by atoms with Crippen LogP contribution in [0.3, 0.4) is 0 Å². The molecule has 82 valence electrons. The van der Waals surface area contributed by atoms with Gasteiger partial charge in [-0.3, -0.25) is 0 Å². The topological polar surface area (TPSA) is 21.3 Å². The minimum atomic E-state index is 0.731. The van der Waals surface area contributed by atoms with Gasteiger partial charge in [0.2, 0.25) is 0 Å². The molecule has 1 saturated heterocycles. The first-order chi connectivity index (χ1) is 6.86. The quantitative estimate of drug-likeness (QED) is 0.733. The molecule has 0 aromatic carbocycles. The zero-order chi connectivity index (χ0) is 9.80. The smallest absolute Gasteiger partial charge is 0.0480 e. The van der Waals surface area contributed by atoms with E-state index in [1.807, 2.05) is 0 Å². The average Bonchev–Trinajstić information content (AvgIpc) is 2.23. The second-order valence-electron chi connectivity index (χ2n) is 4.92. The van der Waals surface area contributed by atoms with Crippen LogP contribution in [0.25, 0.3) is 0 Å². The molecule has 0 bridgehead atoms. The minimum Gasteiger partial charge on any atom is -0.381 e. The maximum Gasteiger partial charge on any atom is 0.0480 e. The van der Waals surface area contributed by atoms with Gasteiger partial charge in [-0.1, -0.05) is 19.8 Å². The minimum absolute atomic E-state index is 0.731. The van der Waals surface area contributed by atoms with Gasteiger partial charge in [0.1, 0.15) is 0 Å². The molecule has 1 N–H and O–H groups in total. The highest BCUT2D eigenvalue weighted by Crippen LogP contribution is 2.25. The predicted octanol–water partition coefficient (Wildman–Crippen LogP) is 2.33. The van der Waals surface area contributed by atoms with Gasteiger partial charge < -0.3 is 10.1 Å². The maximum absolute atomic E-state index is 5.38. The third kappa shape index (κ3) is 2.71. The summed E-state index contributed by atoms with van der Waals surface area (Å²) in [4.78, 5) is 0. The standard InChI is InChI=1S/C12H23NO/c1-10-4-2-3-5-12(10)13-11-6-8-14-9-7-11/h10-13H,2-9H2,1H3. The maximum atomic E-state index is 5.38. The summed E-state index contributed by atoms with van der Waals surface area (Å²) in [5.41, 5.74) is 0. The van der Waals surface area contributed by atoms with Crippen molar-refractivity contribution in [2.45, 2.75) is 57.5 Å². The van der Waals surface area contributed by atoms with E-state index in [0.717, 1.165) is 31.2 Å². The Hall–Kier alpha value is -0.0800. The van der Waals surface area contributed by atoms with E-state index < -0.39 is 0 Å². The zero-order valence-corrected chi connectivity index (χ0v) is 9.30. The van der Waals surface area contributed by atoms with E-state index in [4.69, 9.17) is 4.74 Å². The summed E-state index contributed by atoms with van der Waals surface area (Å²) >= 11 is 0. The molecular formula is C12H23NO. The van der Waals surface area contributed by atoms with Crippen LogP contribution < -0.4 is 5.32 Å². The predicted molar refractivity (Wildman–Crippen MR) is 58.4 cm³/mol. The Morgan fingerprint density at radius 1 is 1.00 bits per heavy atom. The lowest BCUT2D eigenvalue weighted by atomic mass is 9.85. The van der Waals surface area contributed by atoms with Crippen molar-refractivity contribution in [2.24, 2.45) is 5.92 Å². The lowest BCUT2D eigenvalue weighted by Crippen LogP contribution is -2.45. The second-order valence-corrected chi connectivity index (χ2v) is 4.92. The Morgan fingerprint density at radius 2 is 1.71 bits per heavy atom. The van der Waals surface area contributed by atoms with Crippen LogP contribution in [-0.2, 0) is 4.74 Å². The van der Waals surface area contributed by atoms with E-state index in [0.29, 0.717) is 0 Å². The van der Waals surface area contributed by atoms with Crippen LogP contribution in [0.4, 0.5) is 0 Å². The highest BCUT2D eigenvalue weighted by atomic mass is 16.5.